The average Bonchev–Trinajstić information content (AvgIpc) is 2.92. The Kier molecular flexibility index (Phi) is 4.38. The Hall–Kier alpha value is -3.17. The molecular weight excluding hydrogens is 344 g/mol. The number of nitrogens with zero attached hydrogens (tertiary/aromatic N) is 2. The van der Waals surface area contributed by atoms with Crippen LogP contribution in [0.15, 0.2) is 83.7 Å². The van der Waals surface area contributed by atoms with Gasteiger partial charge in [-0.25, -0.2) is 4.68 Å². The number of benzene rings is 2. The second-order valence-corrected chi connectivity index (χ2v) is 6.24. The Morgan fingerprint density at radius 2 is 1.50 bits per heavy atom. The van der Waals surface area contributed by atoms with Gasteiger partial charge in [0, 0.05) is 10.4 Å². The molecule has 0 unspecified atom stereocenters. The number of para-hydroxylation sites is 1. The van der Waals surface area contributed by atoms with E-state index in [4.69, 9.17) is 11.6 Å². The molecule has 26 heavy (non-hydrogen) atoms. The minimum absolute atomic E-state index is 0.0706. The Labute approximate surface area is 155 Å². The van der Waals surface area contributed by atoms with Gasteiger partial charge in [0.25, 0.3) is 0 Å². The predicted molar refractivity (Wildman–Crippen MR) is 108 cm³/mol. The summed E-state index contributed by atoms with van der Waals surface area (Å²) in [6.07, 6.45) is 3.80. The van der Waals surface area contributed by atoms with Gasteiger partial charge in [0.2, 0.25) is 5.43 Å². The lowest BCUT2D eigenvalue weighted by atomic mass is 10.1. The molecule has 0 saturated heterocycles. The second kappa shape index (κ2) is 6.98. The highest BCUT2D eigenvalue weighted by atomic mass is 35.5. The Bertz CT molecular complexity index is 1160. The predicted octanol–water partition coefficient (Wildman–Crippen LogP) is 5.21. The van der Waals surface area contributed by atoms with Crippen molar-refractivity contribution in [3.8, 4) is 5.69 Å². The number of hydrogen-bond acceptors (Lipinski definition) is 2. The van der Waals surface area contributed by atoms with E-state index in [0.29, 0.717) is 10.5 Å². The molecule has 0 aliphatic carbocycles. The lowest BCUT2D eigenvalue weighted by Crippen LogP contribution is -2.04. The summed E-state index contributed by atoms with van der Waals surface area (Å²) in [4.78, 5) is 12.6. The van der Waals surface area contributed by atoms with Gasteiger partial charge in [0.1, 0.15) is 5.52 Å². The molecule has 0 amide bonds. The third-order valence-corrected chi connectivity index (χ3v) is 4.48. The Morgan fingerprint density at radius 3 is 2.31 bits per heavy atom. The molecule has 4 heteroatoms. The fourth-order valence-electron chi connectivity index (χ4n) is 2.88. The Balaban J connectivity index is 1.94. The molecule has 4 rings (SSSR count). The van der Waals surface area contributed by atoms with Gasteiger partial charge in [-0.2, -0.15) is 5.10 Å². The van der Waals surface area contributed by atoms with Crippen molar-refractivity contribution in [1.29, 1.82) is 0 Å². The maximum atomic E-state index is 12.6. The standard InChI is InChI=1S/C22H15ClN2O/c23-19-12-6-4-8-16(19)14-15-20-18-11-5-7-13-21(26)22(18)25(24-20)17-9-2-1-3-10-17/h1-15H. The minimum Gasteiger partial charge on any atom is -0.288 e. The van der Waals surface area contributed by atoms with Crippen LogP contribution >= 0.6 is 11.6 Å². The van der Waals surface area contributed by atoms with Crippen LogP contribution in [0.25, 0.3) is 28.7 Å². The number of rotatable bonds is 3. The summed E-state index contributed by atoms with van der Waals surface area (Å²) in [6.45, 7) is 0. The van der Waals surface area contributed by atoms with Crippen molar-refractivity contribution in [3.63, 3.8) is 0 Å². The zero-order valence-electron chi connectivity index (χ0n) is 13.8. The van der Waals surface area contributed by atoms with Gasteiger partial charge in [-0.15, -0.1) is 0 Å². The van der Waals surface area contributed by atoms with Crippen LogP contribution in [0.3, 0.4) is 0 Å². The molecule has 0 spiro atoms. The fourth-order valence-corrected chi connectivity index (χ4v) is 3.08. The van der Waals surface area contributed by atoms with E-state index >= 15 is 0 Å². The molecular formula is C22H15ClN2O. The number of halogens is 1. The lowest BCUT2D eigenvalue weighted by molar-refractivity contribution is 0.902. The van der Waals surface area contributed by atoms with Crippen molar-refractivity contribution in [3.05, 3.63) is 105 Å². The minimum atomic E-state index is -0.0706. The van der Waals surface area contributed by atoms with Crippen molar-refractivity contribution in [2.45, 2.75) is 0 Å². The molecule has 4 aromatic rings. The molecule has 0 aliphatic rings. The fraction of sp³-hybridized carbons (Fsp3) is 0. The normalized spacial score (nSPS) is 11.3. The largest absolute Gasteiger partial charge is 0.288 e. The van der Waals surface area contributed by atoms with E-state index in [1.54, 1.807) is 16.8 Å². The molecule has 0 fully saturated rings. The third-order valence-electron chi connectivity index (χ3n) is 4.13. The molecule has 1 aromatic heterocycles. The van der Waals surface area contributed by atoms with Crippen molar-refractivity contribution >= 4 is 34.7 Å². The topological polar surface area (TPSA) is 34.9 Å². The van der Waals surface area contributed by atoms with Crippen molar-refractivity contribution < 1.29 is 0 Å². The van der Waals surface area contributed by atoms with Crippen LogP contribution < -0.4 is 5.43 Å². The first-order valence-electron chi connectivity index (χ1n) is 8.24. The molecule has 0 atom stereocenters. The van der Waals surface area contributed by atoms with E-state index < -0.39 is 0 Å². The van der Waals surface area contributed by atoms with E-state index in [2.05, 4.69) is 5.10 Å². The number of hydrogen-bond donors (Lipinski definition) is 0. The molecule has 126 valence electrons. The average molecular weight is 359 g/mol. The van der Waals surface area contributed by atoms with Crippen LogP contribution in [-0.2, 0) is 0 Å². The van der Waals surface area contributed by atoms with Crippen LogP contribution in [-0.4, -0.2) is 9.78 Å². The highest BCUT2D eigenvalue weighted by molar-refractivity contribution is 6.32. The van der Waals surface area contributed by atoms with Crippen LogP contribution in [0, 0.1) is 0 Å². The zero-order chi connectivity index (χ0) is 17.9. The van der Waals surface area contributed by atoms with Gasteiger partial charge in [-0.3, -0.25) is 4.79 Å². The summed E-state index contributed by atoms with van der Waals surface area (Å²) in [5, 5.41) is 6.15. The molecule has 3 aromatic carbocycles. The maximum absolute atomic E-state index is 12.6. The van der Waals surface area contributed by atoms with Gasteiger partial charge < -0.3 is 0 Å². The number of aromatic nitrogens is 2. The van der Waals surface area contributed by atoms with E-state index in [1.165, 1.54) is 0 Å². The first-order valence-corrected chi connectivity index (χ1v) is 8.62. The first-order chi connectivity index (χ1) is 12.7. The van der Waals surface area contributed by atoms with Crippen LogP contribution in [0.5, 0.6) is 0 Å². The second-order valence-electron chi connectivity index (χ2n) is 5.83. The smallest absolute Gasteiger partial charge is 0.204 e. The SMILES string of the molecule is O=c1ccccc2c(C=Cc3ccccc3Cl)nn(-c3ccccc3)c12. The van der Waals surface area contributed by atoms with E-state index in [0.717, 1.165) is 22.3 Å². The molecule has 0 aliphatic heterocycles. The summed E-state index contributed by atoms with van der Waals surface area (Å²) in [7, 11) is 0. The molecule has 3 nitrogen and oxygen atoms in total. The summed E-state index contributed by atoms with van der Waals surface area (Å²) < 4.78 is 1.70. The summed E-state index contributed by atoms with van der Waals surface area (Å²) in [5.74, 6) is 0. The van der Waals surface area contributed by atoms with Crippen LogP contribution in [0.2, 0.25) is 5.02 Å². The molecule has 0 N–H and O–H groups in total. The maximum Gasteiger partial charge on any atom is 0.204 e. The van der Waals surface area contributed by atoms with Gasteiger partial charge in [-0.1, -0.05) is 72.3 Å². The Morgan fingerprint density at radius 1 is 0.808 bits per heavy atom. The van der Waals surface area contributed by atoms with Gasteiger partial charge in [-0.05, 0) is 35.9 Å². The lowest BCUT2D eigenvalue weighted by Gasteiger charge is -2.00. The van der Waals surface area contributed by atoms with Gasteiger partial charge >= 0.3 is 0 Å². The monoisotopic (exact) mass is 358 g/mol. The summed E-state index contributed by atoms with van der Waals surface area (Å²) in [6, 6.07) is 24.3. The molecule has 0 saturated carbocycles. The van der Waals surface area contributed by atoms with Crippen LogP contribution in [0.4, 0.5) is 0 Å². The summed E-state index contributed by atoms with van der Waals surface area (Å²) >= 11 is 6.23. The molecule has 0 radical (unpaired) electrons. The summed E-state index contributed by atoms with van der Waals surface area (Å²) in [5.41, 5.74) is 2.95. The first kappa shape index (κ1) is 16.3. The van der Waals surface area contributed by atoms with Crippen LogP contribution in [0.1, 0.15) is 11.3 Å². The van der Waals surface area contributed by atoms with Crippen molar-refractivity contribution in [2.24, 2.45) is 0 Å². The quantitative estimate of drug-likeness (QED) is 0.504. The van der Waals surface area contributed by atoms with E-state index in [-0.39, 0.29) is 5.43 Å². The van der Waals surface area contributed by atoms with E-state index in [9.17, 15) is 4.79 Å². The highest BCUT2D eigenvalue weighted by Gasteiger charge is 2.12. The molecule has 1 heterocycles. The van der Waals surface area contributed by atoms with Crippen molar-refractivity contribution in [1.82, 2.24) is 9.78 Å². The highest BCUT2D eigenvalue weighted by Crippen LogP contribution is 2.22. The van der Waals surface area contributed by atoms with Gasteiger partial charge in [0.05, 0.1) is 11.4 Å². The molecule has 0 bridgehead atoms. The van der Waals surface area contributed by atoms with E-state index in [1.807, 2.05) is 78.9 Å². The van der Waals surface area contributed by atoms with Crippen molar-refractivity contribution in [2.75, 3.05) is 0 Å². The number of fused-ring (bicyclic) bond motifs is 1. The zero-order valence-corrected chi connectivity index (χ0v) is 14.6. The van der Waals surface area contributed by atoms with Gasteiger partial charge in [0.15, 0.2) is 0 Å². The third kappa shape index (κ3) is 3.05.